The van der Waals surface area contributed by atoms with E-state index in [0.29, 0.717) is 5.39 Å². The fourth-order valence-corrected chi connectivity index (χ4v) is 3.34. The van der Waals surface area contributed by atoms with Crippen LogP contribution in [0.15, 0.2) is 70.1 Å². The van der Waals surface area contributed by atoms with E-state index >= 15 is 0 Å². The lowest BCUT2D eigenvalue weighted by Gasteiger charge is -2.16. The van der Waals surface area contributed by atoms with Crippen molar-refractivity contribution in [2.45, 2.75) is 32.4 Å². The number of nitrogens with zero attached hydrogens (tertiary/aromatic N) is 1. The van der Waals surface area contributed by atoms with Crippen molar-refractivity contribution in [1.82, 2.24) is 9.88 Å². The van der Waals surface area contributed by atoms with Crippen LogP contribution in [0.4, 0.5) is 0 Å². The SMILES string of the molecule is C[C@@H](CCc1ccccc1)NC(=O)Cn1ccc(=O)c2ccc(Br)cc21. The van der Waals surface area contributed by atoms with Gasteiger partial charge in [0.05, 0.1) is 5.52 Å². The number of aromatic nitrogens is 1. The summed E-state index contributed by atoms with van der Waals surface area (Å²) >= 11 is 3.42. The Balaban J connectivity index is 1.65. The highest BCUT2D eigenvalue weighted by atomic mass is 79.9. The van der Waals surface area contributed by atoms with E-state index in [9.17, 15) is 9.59 Å². The molecule has 0 fully saturated rings. The first-order valence-electron chi connectivity index (χ1n) is 8.65. The van der Waals surface area contributed by atoms with Crippen molar-refractivity contribution >= 4 is 32.7 Å². The van der Waals surface area contributed by atoms with Gasteiger partial charge in [0.15, 0.2) is 5.43 Å². The summed E-state index contributed by atoms with van der Waals surface area (Å²) in [7, 11) is 0. The van der Waals surface area contributed by atoms with Crippen LogP contribution >= 0.6 is 15.9 Å². The van der Waals surface area contributed by atoms with Crippen molar-refractivity contribution in [1.29, 1.82) is 0 Å². The third-order valence-corrected chi connectivity index (χ3v) is 4.86. The molecule has 0 saturated heterocycles. The second kappa shape index (κ2) is 8.32. The molecular weight excluding hydrogens is 392 g/mol. The van der Waals surface area contributed by atoms with Crippen molar-refractivity contribution in [2.75, 3.05) is 0 Å². The molecule has 1 heterocycles. The van der Waals surface area contributed by atoms with Gasteiger partial charge in [-0.3, -0.25) is 9.59 Å². The molecule has 3 rings (SSSR count). The molecule has 0 aliphatic carbocycles. The molecule has 0 saturated carbocycles. The molecule has 26 heavy (non-hydrogen) atoms. The minimum absolute atomic E-state index is 0.0413. The van der Waals surface area contributed by atoms with Gasteiger partial charge in [-0.05, 0) is 43.5 Å². The summed E-state index contributed by atoms with van der Waals surface area (Å²) in [6.07, 6.45) is 3.48. The minimum Gasteiger partial charge on any atom is -0.352 e. The summed E-state index contributed by atoms with van der Waals surface area (Å²) in [6.45, 7) is 2.20. The van der Waals surface area contributed by atoms with Crippen LogP contribution in [-0.2, 0) is 17.8 Å². The second-order valence-corrected chi connectivity index (χ2v) is 7.38. The van der Waals surface area contributed by atoms with Crippen LogP contribution in [0.3, 0.4) is 0 Å². The monoisotopic (exact) mass is 412 g/mol. The third-order valence-electron chi connectivity index (χ3n) is 4.37. The summed E-state index contributed by atoms with van der Waals surface area (Å²) in [6, 6.07) is 17.3. The third kappa shape index (κ3) is 4.61. The number of benzene rings is 2. The predicted molar refractivity (Wildman–Crippen MR) is 108 cm³/mol. The summed E-state index contributed by atoms with van der Waals surface area (Å²) in [5.41, 5.74) is 1.98. The first-order chi connectivity index (χ1) is 12.5. The molecule has 1 atom stereocenters. The maximum Gasteiger partial charge on any atom is 0.240 e. The van der Waals surface area contributed by atoms with Crippen LogP contribution < -0.4 is 10.7 Å². The number of pyridine rings is 1. The van der Waals surface area contributed by atoms with Crippen LogP contribution in [0.5, 0.6) is 0 Å². The van der Waals surface area contributed by atoms with Gasteiger partial charge < -0.3 is 9.88 Å². The number of hydrogen-bond donors (Lipinski definition) is 1. The van der Waals surface area contributed by atoms with Crippen LogP contribution in [-0.4, -0.2) is 16.5 Å². The van der Waals surface area contributed by atoms with Gasteiger partial charge in [0.1, 0.15) is 6.54 Å². The number of nitrogens with one attached hydrogen (secondary N) is 1. The van der Waals surface area contributed by atoms with Crippen LogP contribution in [0.2, 0.25) is 0 Å². The quantitative estimate of drug-likeness (QED) is 0.667. The minimum atomic E-state index is -0.0597. The van der Waals surface area contributed by atoms with Gasteiger partial charge in [-0.2, -0.15) is 0 Å². The van der Waals surface area contributed by atoms with Crippen LogP contribution in [0.1, 0.15) is 18.9 Å². The number of rotatable bonds is 6. The normalized spacial score (nSPS) is 12.1. The Kier molecular flexibility index (Phi) is 5.89. The number of carbonyl (C=O) groups excluding carboxylic acids is 1. The topological polar surface area (TPSA) is 51.1 Å². The fraction of sp³-hybridized carbons (Fsp3) is 0.238. The molecule has 1 amide bonds. The van der Waals surface area contributed by atoms with Crippen molar-refractivity contribution in [3.8, 4) is 0 Å². The summed E-state index contributed by atoms with van der Waals surface area (Å²) in [5.74, 6) is -0.0597. The van der Waals surface area contributed by atoms with E-state index < -0.39 is 0 Å². The Morgan fingerprint density at radius 1 is 1.15 bits per heavy atom. The number of halogens is 1. The molecule has 0 unspecified atom stereocenters. The average molecular weight is 413 g/mol. The Labute approximate surface area is 161 Å². The molecule has 0 bridgehead atoms. The average Bonchev–Trinajstić information content (AvgIpc) is 2.63. The largest absolute Gasteiger partial charge is 0.352 e. The predicted octanol–water partition coefficient (Wildman–Crippen LogP) is 3.90. The fourth-order valence-electron chi connectivity index (χ4n) is 2.99. The molecule has 2 aromatic carbocycles. The van der Waals surface area contributed by atoms with Gasteiger partial charge in [-0.1, -0.05) is 46.3 Å². The Hall–Kier alpha value is -2.40. The van der Waals surface area contributed by atoms with Crippen LogP contribution in [0, 0.1) is 0 Å². The van der Waals surface area contributed by atoms with Crippen molar-refractivity contribution in [2.24, 2.45) is 0 Å². The maximum atomic E-state index is 12.4. The van der Waals surface area contributed by atoms with E-state index in [1.54, 1.807) is 16.8 Å². The molecule has 1 N–H and O–H groups in total. The van der Waals surface area contributed by atoms with E-state index in [-0.39, 0.29) is 23.9 Å². The number of carbonyl (C=O) groups is 1. The zero-order valence-corrected chi connectivity index (χ0v) is 16.2. The van der Waals surface area contributed by atoms with Crippen molar-refractivity contribution < 1.29 is 4.79 Å². The smallest absolute Gasteiger partial charge is 0.240 e. The molecule has 3 aromatic rings. The molecule has 5 heteroatoms. The number of fused-ring (bicyclic) bond motifs is 1. The van der Waals surface area contributed by atoms with Gasteiger partial charge >= 0.3 is 0 Å². The summed E-state index contributed by atoms with van der Waals surface area (Å²) in [5, 5.41) is 3.65. The molecule has 0 radical (unpaired) electrons. The molecular formula is C21H21BrN2O2. The highest BCUT2D eigenvalue weighted by Gasteiger charge is 2.10. The highest BCUT2D eigenvalue weighted by molar-refractivity contribution is 9.10. The first-order valence-corrected chi connectivity index (χ1v) is 9.44. The molecule has 0 spiro atoms. The van der Waals surface area contributed by atoms with Gasteiger partial charge in [0.25, 0.3) is 0 Å². The van der Waals surface area contributed by atoms with E-state index in [0.717, 1.165) is 22.8 Å². The molecule has 4 nitrogen and oxygen atoms in total. The van der Waals surface area contributed by atoms with Crippen molar-refractivity contribution in [3.05, 3.63) is 81.1 Å². The first kappa shape index (κ1) is 18.4. The standard InChI is InChI=1S/C21H21BrN2O2/c1-15(7-8-16-5-3-2-4-6-16)23-21(26)14-24-12-11-20(25)18-10-9-17(22)13-19(18)24/h2-6,9-13,15H,7-8,14H2,1H3,(H,23,26)/t15-/m0/s1. The highest BCUT2D eigenvalue weighted by Crippen LogP contribution is 2.17. The molecule has 0 aliphatic heterocycles. The van der Waals surface area contributed by atoms with E-state index in [4.69, 9.17) is 0 Å². The number of amides is 1. The van der Waals surface area contributed by atoms with Gasteiger partial charge in [-0.15, -0.1) is 0 Å². The lowest BCUT2D eigenvalue weighted by molar-refractivity contribution is -0.122. The summed E-state index contributed by atoms with van der Waals surface area (Å²) < 4.78 is 2.68. The van der Waals surface area contributed by atoms with Gasteiger partial charge in [0.2, 0.25) is 5.91 Å². The van der Waals surface area contributed by atoms with E-state index in [1.165, 1.54) is 11.6 Å². The van der Waals surface area contributed by atoms with E-state index in [1.807, 2.05) is 37.3 Å². The zero-order chi connectivity index (χ0) is 18.5. The molecule has 0 aliphatic rings. The number of hydrogen-bond acceptors (Lipinski definition) is 2. The Bertz CT molecular complexity index is 967. The summed E-state index contributed by atoms with van der Waals surface area (Å²) in [4.78, 5) is 24.4. The molecule has 134 valence electrons. The zero-order valence-electron chi connectivity index (χ0n) is 14.6. The van der Waals surface area contributed by atoms with E-state index in [2.05, 4.69) is 33.4 Å². The lowest BCUT2D eigenvalue weighted by atomic mass is 10.1. The van der Waals surface area contributed by atoms with Crippen molar-refractivity contribution in [3.63, 3.8) is 0 Å². The second-order valence-electron chi connectivity index (χ2n) is 6.46. The van der Waals surface area contributed by atoms with Gasteiger partial charge in [-0.25, -0.2) is 0 Å². The Morgan fingerprint density at radius 2 is 1.92 bits per heavy atom. The lowest BCUT2D eigenvalue weighted by Crippen LogP contribution is -2.35. The molecule has 1 aromatic heterocycles. The van der Waals surface area contributed by atoms with Crippen LogP contribution in [0.25, 0.3) is 10.9 Å². The number of aryl methyl sites for hydroxylation is 1. The maximum absolute atomic E-state index is 12.4. The van der Waals surface area contributed by atoms with Gasteiger partial charge in [0, 0.05) is 28.2 Å². The Morgan fingerprint density at radius 3 is 2.69 bits per heavy atom.